The quantitative estimate of drug-likeness (QED) is 0.359. The molecule has 0 amide bonds. The predicted octanol–water partition coefficient (Wildman–Crippen LogP) is 5.52. The lowest BCUT2D eigenvalue weighted by molar-refractivity contribution is 0.0601. The van der Waals surface area contributed by atoms with E-state index in [2.05, 4.69) is 48.5 Å². The molecule has 0 unspecified atom stereocenters. The SMILES string of the molecule is COC(=O)c1ccc(-[s+]2c3ccccc3c3ccccc32)cc1. The maximum absolute atomic E-state index is 11.6. The van der Waals surface area contributed by atoms with E-state index in [1.807, 2.05) is 24.3 Å². The summed E-state index contributed by atoms with van der Waals surface area (Å²) < 4.78 is 7.47. The summed E-state index contributed by atoms with van der Waals surface area (Å²) in [7, 11) is 1.29. The summed E-state index contributed by atoms with van der Waals surface area (Å²) in [6, 6.07) is 24.9. The zero-order valence-corrected chi connectivity index (χ0v) is 13.5. The van der Waals surface area contributed by atoms with Crippen LogP contribution in [0.4, 0.5) is 0 Å². The molecule has 0 atom stereocenters. The molecule has 1 heterocycles. The lowest BCUT2D eigenvalue weighted by Crippen LogP contribution is -1.99. The second-order valence-corrected chi connectivity index (χ2v) is 7.28. The Bertz CT molecular complexity index is 960. The summed E-state index contributed by atoms with van der Waals surface area (Å²) in [5, 5.41) is 2.62. The Labute approximate surface area is 136 Å². The number of carbonyl (C=O) groups excluding carboxylic acids is 1. The molecule has 1 aromatic heterocycles. The molecule has 0 aliphatic heterocycles. The van der Waals surface area contributed by atoms with Crippen LogP contribution >= 0.6 is 10.5 Å². The highest BCUT2D eigenvalue weighted by atomic mass is 32.2. The van der Waals surface area contributed by atoms with Crippen LogP contribution < -0.4 is 0 Å². The average Bonchev–Trinajstić information content (AvgIpc) is 2.96. The van der Waals surface area contributed by atoms with Gasteiger partial charge in [-0.1, -0.05) is 24.3 Å². The van der Waals surface area contributed by atoms with E-state index in [0.717, 1.165) is 0 Å². The fourth-order valence-corrected chi connectivity index (χ4v) is 5.33. The van der Waals surface area contributed by atoms with Crippen LogP contribution in [0.1, 0.15) is 10.4 Å². The molecule has 23 heavy (non-hydrogen) atoms. The third-order valence-electron chi connectivity index (χ3n) is 4.02. The molecular formula is C20H15O2S+. The van der Waals surface area contributed by atoms with Crippen LogP contribution in [0.5, 0.6) is 0 Å². The van der Waals surface area contributed by atoms with E-state index in [9.17, 15) is 4.79 Å². The van der Waals surface area contributed by atoms with Gasteiger partial charge in [-0.2, -0.15) is 0 Å². The number of fused-ring (bicyclic) bond motifs is 3. The standard InChI is InChI=1S/C20H15O2S/c1-22-20(21)14-10-12-15(13-11-14)23-18-8-4-2-6-16(18)17-7-3-5-9-19(17)23/h2-13H,1H3/q+1. The molecule has 0 aliphatic rings. The van der Waals surface area contributed by atoms with Gasteiger partial charge >= 0.3 is 5.97 Å². The van der Waals surface area contributed by atoms with Gasteiger partial charge in [0.1, 0.15) is 0 Å². The number of methoxy groups -OCH3 is 1. The Morgan fingerprint density at radius 1 is 0.783 bits per heavy atom. The fraction of sp³-hybridized carbons (Fsp3) is 0.0500. The molecule has 0 aliphatic carbocycles. The topological polar surface area (TPSA) is 26.3 Å². The minimum absolute atomic E-state index is 0.116. The van der Waals surface area contributed by atoms with Crippen LogP contribution in [-0.4, -0.2) is 13.1 Å². The van der Waals surface area contributed by atoms with Gasteiger partial charge in [0.25, 0.3) is 0 Å². The summed E-state index contributed by atoms with van der Waals surface area (Å²) >= 11 is 0. The third kappa shape index (κ3) is 2.21. The molecule has 2 nitrogen and oxygen atoms in total. The van der Waals surface area contributed by atoms with Crippen molar-refractivity contribution in [2.24, 2.45) is 0 Å². The average molecular weight is 319 g/mol. The van der Waals surface area contributed by atoms with Gasteiger partial charge in [-0.15, -0.1) is 0 Å². The molecule has 0 spiro atoms. The number of esters is 1. The van der Waals surface area contributed by atoms with Crippen molar-refractivity contribution in [1.82, 2.24) is 0 Å². The molecule has 4 rings (SSSR count). The molecule has 0 saturated heterocycles. The Kier molecular flexibility index (Phi) is 3.36. The minimum atomic E-state index is -0.299. The highest BCUT2D eigenvalue weighted by Crippen LogP contribution is 2.48. The summed E-state index contributed by atoms with van der Waals surface area (Å²) in [6.07, 6.45) is 0. The molecule has 0 fully saturated rings. The van der Waals surface area contributed by atoms with Crippen molar-refractivity contribution in [3.8, 4) is 4.90 Å². The zero-order chi connectivity index (χ0) is 15.8. The number of hydrogen-bond acceptors (Lipinski definition) is 2. The number of carbonyl (C=O) groups is 1. The number of benzene rings is 3. The first-order valence-corrected chi connectivity index (χ1v) is 8.63. The molecule has 0 N–H and O–H groups in total. The maximum Gasteiger partial charge on any atom is 0.337 e. The Morgan fingerprint density at radius 2 is 1.30 bits per heavy atom. The van der Waals surface area contributed by atoms with Crippen LogP contribution in [0.2, 0.25) is 0 Å². The lowest BCUT2D eigenvalue weighted by Gasteiger charge is -1.98. The van der Waals surface area contributed by atoms with Gasteiger partial charge in [0, 0.05) is 21.2 Å². The van der Waals surface area contributed by atoms with Gasteiger partial charge in [-0.25, -0.2) is 4.79 Å². The van der Waals surface area contributed by atoms with E-state index in [1.54, 1.807) is 0 Å². The van der Waals surface area contributed by atoms with Crippen molar-refractivity contribution >= 4 is 36.6 Å². The number of thiophene rings is 1. The van der Waals surface area contributed by atoms with Crippen LogP contribution in [-0.2, 0) is 4.74 Å². The Balaban J connectivity index is 1.98. The van der Waals surface area contributed by atoms with Gasteiger partial charge in [-0.05, 0) is 48.5 Å². The van der Waals surface area contributed by atoms with Crippen molar-refractivity contribution in [1.29, 1.82) is 0 Å². The molecule has 112 valence electrons. The summed E-state index contributed by atoms with van der Waals surface area (Å²) in [5.74, 6) is -0.299. The van der Waals surface area contributed by atoms with Gasteiger partial charge in [0.15, 0.2) is 14.3 Å². The monoisotopic (exact) mass is 319 g/mol. The number of hydrogen-bond donors (Lipinski definition) is 0. The summed E-state index contributed by atoms with van der Waals surface area (Å²) in [6.45, 7) is 0. The van der Waals surface area contributed by atoms with Crippen molar-refractivity contribution < 1.29 is 9.53 Å². The number of rotatable bonds is 2. The fourth-order valence-electron chi connectivity index (χ4n) is 2.95. The molecule has 0 bridgehead atoms. The first-order valence-electron chi connectivity index (χ1n) is 7.40. The Hall–Kier alpha value is -2.65. The van der Waals surface area contributed by atoms with E-state index < -0.39 is 0 Å². The van der Waals surface area contributed by atoms with Gasteiger partial charge in [0.2, 0.25) is 0 Å². The Morgan fingerprint density at radius 3 is 1.83 bits per heavy atom. The molecule has 0 radical (unpaired) electrons. The molecule has 4 aromatic rings. The third-order valence-corrected chi connectivity index (χ3v) is 6.35. The van der Waals surface area contributed by atoms with Crippen molar-refractivity contribution in [2.45, 2.75) is 0 Å². The van der Waals surface area contributed by atoms with Crippen molar-refractivity contribution in [3.05, 3.63) is 78.4 Å². The van der Waals surface area contributed by atoms with Gasteiger partial charge < -0.3 is 4.74 Å². The van der Waals surface area contributed by atoms with E-state index in [1.165, 1.54) is 32.2 Å². The zero-order valence-electron chi connectivity index (χ0n) is 12.7. The first kappa shape index (κ1) is 14.0. The normalized spacial score (nSPS) is 11.0. The summed E-state index contributed by atoms with van der Waals surface area (Å²) in [4.78, 5) is 12.8. The lowest BCUT2D eigenvalue weighted by atomic mass is 10.2. The second-order valence-electron chi connectivity index (χ2n) is 5.31. The van der Waals surface area contributed by atoms with E-state index in [0.29, 0.717) is 5.56 Å². The van der Waals surface area contributed by atoms with Gasteiger partial charge in [-0.3, -0.25) is 0 Å². The van der Waals surface area contributed by atoms with Crippen molar-refractivity contribution in [2.75, 3.05) is 7.11 Å². The van der Waals surface area contributed by atoms with Crippen LogP contribution in [0.25, 0.3) is 25.1 Å². The first-order chi connectivity index (χ1) is 11.3. The van der Waals surface area contributed by atoms with E-state index in [-0.39, 0.29) is 16.4 Å². The summed E-state index contributed by atoms with van der Waals surface area (Å²) in [5.41, 5.74) is 0.584. The van der Waals surface area contributed by atoms with Crippen LogP contribution in [0.3, 0.4) is 0 Å². The van der Waals surface area contributed by atoms with Crippen LogP contribution in [0.15, 0.2) is 72.8 Å². The van der Waals surface area contributed by atoms with E-state index in [4.69, 9.17) is 4.74 Å². The molecule has 3 aromatic carbocycles. The maximum atomic E-state index is 11.6. The smallest absolute Gasteiger partial charge is 0.337 e. The second kappa shape index (κ2) is 5.52. The molecule has 3 heteroatoms. The predicted molar refractivity (Wildman–Crippen MR) is 96.6 cm³/mol. The van der Waals surface area contributed by atoms with Gasteiger partial charge in [0.05, 0.1) is 12.7 Å². The van der Waals surface area contributed by atoms with E-state index >= 15 is 0 Å². The molecule has 0 saturated carbocycles. The minimum Gasteiger partial charge on any atom is -0.465 e. The highest BCUT2D eigenvalue weighted by molar-refractivity contribution is 7.50. The largest absolute Gasteiger partial charge is 0.465 e. The molecular weight excluding hydrogens is 304 g/mol. The highest BCUT2D eigenvalue weighted by Gasteiger charge is 2.23. The van der Waals surface area contributed by atoms with Crippen molar-refractivity contribution in [3.63, 3.8) is 0 Å². The van der Waals surface area contributed by atoms with Crippen LogP contribution in [0, 0.1) is 0 Å². The number of ether oxygens (including phenoxy) is 1.